The molecule has 1 heterocycles. The summed E-state index contributed by atoms with van der Waals surface area (Å²) >= 11 is 0. The Balaban J connectivity index is 1.99. The highest BCUT2D eigenvalue weighted by Crippen LogP contribution is 2.31. The van der Waals surface area contributed by atoms with Crippen LogP contribution in [0.4, 0.5) is 0 Å². The molecule has 2 N–H and O–H groups in total. The van der Waals surface area contributed by atoms with E-state index in [-0.39, 0.29) is 18.1 Å². The third kappa shape index (κ3) is 5.16. The summed E-state index contributed by atoms with van der Waals surface area (Å²) in [4.78, 5) is 27.4. The molecule has 1 fully saturated rings. The Morgan fingerprint density at radius 3 is 2.62 bits per heavy atom. The number of carbonyl (C=O) groups excluding carboxylic acids is 2. The van der Waals surface area contributed by atoms with Gasteiger partial charge in [-0.05, 0) is 19.3 Å². The second kappa shape index (κ2) is 8.97. The molecule has 1 saturated carbocycles. The van der Waals surface area contributed by atoms with Crippen molar-refractivity contribution in [2.45, 2.75) is 77.6 Å². The van der Waals surface area contributed by atoms with E-state index in [0.29, 0.717) is 17.3 Å². The van der Waals surface area contributed by atoms with E-state index in [9.17, 15) is 9.59 Å². The molecule has 1 aromatic rings. The van der Waals surface area contributed by atoms with Crippen molar-refractivity contribution >= 4 is 11.7 Å². The Bertz CT molecular complexity index is 561. The monoisotopic (exact) mass is 336 g/mol. The number of nitrogens with zero attached hydrogens (tertiary/aromatic N) is 1. The lowest BCUT2D eigenvalue weighted by Gasteiger charge is -2.22. The molecule has 1 unspecified atom stereocenters. The average molecular weight is 336 g/mol. The largest absolute Gasteiger partial charge is 0.445 e. The topological polar surface area (TPSA) is 92.4 Å². The van der Waals surface area contributed by atoms with Crippen LogP contribution in [0.15, 0.2) is 4.42 Å². The average Bonchev–Trinajstić information content (AvgIpc) is 2.96. The molecule has 24 heavy (non-hydrogen) atoms. The van der Waals surface area contributed by atoms with Crippen molar-refractivity contribution in [3.05, 3.63) is 17.3 Å². The van der Waals surface area contributed by atoms with Gasteiger partial charge in [0.15, 0.2) is 11.7 Å². The fourth-order valence-electron chi connectivity index (χ4n) is 3.63. The minimum atomic E-state index is -0.460. The smallest absolute Gasteiger partial charge is 0.244 e. The zero-order valence-corrected chi connectivity index (χ0v) is 14.6. The Labute approximate surface area is 143 Å². The first-order valence-corrected chi connectivity index (χ1v) is 8.92. The van der Waals surface area contributed by atoms with Crippen molar-refractivity contribution in [2.24, 2.45) is 5.92 Å². The molecule has 0 spiro atoms. The van der Waals surface area contributed by atoms with Gasteiger partial charge in [0.2, 0.25) is 5.91 Å². The lowest BCUT2D eigenvalue weighted by atomic mass is 9.84. The van der Waals surface area contributed by atoms with Crippen LogP contribution < -0.4 is 5.48 Å². The minimum Gasteiger partial charge on any atom is -0.445 e. The molecule has 6 nitrogen and oxygen atoms in total. The molecule has 0 aromatic carbocycles. The van der Waals surface area contributed by atoms with Crippen LogP contribution in [0.3, 0.4) is 0 Å². The van der Waals surface area contributed by atoms with Gasteiger partial charge in [-0.25, -0.2) is 10.5 Å². The number of carbonyl (C=O) groups is 2. The first-order valence-electron chi connectivity index (χ1n) is 8.92. The summed E-state index contributed by atoms with van der Waals surface area (Å²) in [7, 11) is 0. The van der Waals surface area contributed by atoms with Crippen LogP contribution in [-0.2, 0) is 4.79 Å². The maximum Gasteiger partial charge on any atom is 0.244 e. The molecule has 134 valence electrons. The number of rotatable bonds is 8. The number of aryl methyl sites for hydroxylation is 1. The van der Waals surface area contributed by atoms with Crippen molar-refractivity contribution in [3.8, 4) is 0 Å². The highest BCUT2D eigenvalue weighted by atomic mass is 16.5. The standard InChI is InChI=1S/C18H28N2O4/c1-12(21)17-13(2)24-18(19-17)15(11-16(22)20-23)10-6-9-14-7-4-3-5-8-14/h14-15,23H,3-11H2,1-2H3,(H,20,22). The molecule has 1 aliphatic rings. The Hall–Kier alpha value is -1.69. The summed E-state index contributed by atoms with van der Waals surface area (Å²) in [6.45, 7) is 3.16. The number of nitrogens with one attached hydrogen (secondary N) is 1. The summed E-state index contributed by atoms with van der Waals surface area (Å²) in [5.41, 5.74) is 2.00. The zero-order valence-electron chi connectivity index (χ0n) is 14.6. The van der Waals surface area contributed by atoms with Gasteiger partial charge in [0.25, 0.3) is 0 Å². The number of hydrogen-bond acceptors (Lipinski definition) is 5. The van der Waals surface area contributed by atoms with E-state index in [2.05, 4.69) is 4.98 Å². The van der Waals surface area contributed by atoms with E-state index in [4.69, 9.17) is 9.62 Å². The van der Waals surface area contributed by atoms with Gasteiger partial charge in [-0.1, -0.05) is 44.9 Å². The van der Waals surface area contributed by atoms with Crippen LogP contribution in [0.25, 0.3) is 0 Å². The fourth-order valence-corrected chi connectivity index (χ4v) is 3.63. The molecular formula is C18H28N2O4. The maximum atomic E-state index is 11.6. The lowest BCUT2D eigenvalue weighted by molar-refractivity contribution is -0.129. The van der Waals surface area contributed by atoms with Crippen LogP contribution in [0.5, 0.6) is 0 Å². The number of hydrogen-bond donors (Lipinski definition) is 2. The molecular weight excluding hydrogens is 308 g/mol. The predicted octanol–water partition coefficient (Wildman–Crippen LogP) is 3.92. The molecule has 1 aromatic heterocycles. The number of hydroxylamine groups is 1. The molecule has 0 saturated heterocycles. The van der Waals surface area contributed by atoms with Gasteiger partial charge in [-0.3, -0.25) is 14.8 Å². The highest BCUT2D eigenvalue weighted by Gasteiger charge is 2.24. The molecule has 1 aliphatic carbocycles. The van der Waals surface area contributed by atoms with E-state index in [1.165, 1.54) is 39.0 Å². The molecule has 6 heteroatoms. The van der Waals surface area contributed by atoms with Crippen LogP contribution in [0, 0.1) is 12.8 Å². The van der Waals surface area contributed by atoms with Gasteiger partial charge < -0.3 is 4.42 Å². The summed E-state index contributed by atoms with van der Waals surface area (Å²) in [5, 5.41) is 8.80. The number of aromatic nitrogens is 1. The van der Waals surface area contributed by atoms with Gasteiger partial charge >= 0.3 is 0 Å². The molecule has 1 atom stereocenters. The number of oxazole rings is 1. The van der Waals surface area contributed by atoms with Crippen molar-refractivity contribution in [2.75, 3.05) is 0 Å². The van der Waals surface area contributed by atoms with E-state index in [0.717, 1.165) is 25.2 Å². The normalized spacial score (nSPS) is 16.8. The van der Waals surface area contributed by atoms with Crippen LogP contribution >= 0.6 is 0 Å². The lowest BCUT2D eigenvalue weighted by Crippen LogP contribution is -2.21. The van der Waals surface area contributed by atoms with Crippen LogP contribution in [-0.4, -0.2) is 21.9 Å². The number of ketones is 1. The fraction of sp³-hybridized carbons (Fsp3) is 0.722. The molecule has 2 rings (SSSR count). The third-order valence-electron chi connectivity index (χ3n) is 4.94. The van der Waals surface area contributed by atoms with Gasteiger partial charge in [0.05, 0.1) is 0 Å². The maximum absolute atomic E-state index is 11.6. The van der Waals surface area contributed by atoms with Crippen molar-refractivity contribution in [3.63, 3.8) is 0 Å². The van der Waals surface area contributed by atoms with Gasteiger partial charge in [-0.15, -0.1) is 0 Å². The Morgan fingerprint density at radius 1 is 1.33 bits per heavy atom. The number of Topliss-reactive ketones (excluding diaryl/α,β-unsaturated/α-hetero) is 1. The van der Waals surface area contributed by atoms with E-state index in [1.54, 1.807) is 12.4 Å². The van der Waals surface area contributed by atoms with Gasteiger partial charge in [-0.2, -0.15) is 0 Å². The quantitative estimate of drug-likeness (QED) is 0.426. The molecule has 0 aliphatic heterocycles. The van der Waals surface area contributed by atoms with Gasteiger partial charge in [0.1, 0.15) is 11.5 Å². The van der Waals surface area contributed by atoms with Crippen LogP contribution in [0.1, 0.15) is 92.8 Å². The Morgan fingerprint density at radius 2 is 2.04 bits per heavy atom. The Kier molecular flexibility index (Phi) is 6.97. The third-order valence-corrected chi connectivity index (χ3v) is 4.94. The highest BCUT2D eigenvalue weighted by molar-refractivity contribution is 5.93. The second-order valence-electron chi connectivity index (χ2n) is 6.88. The summed E-state index contributed by atoms with van der Waals surface area (Å²) in [6.07, 6.45) is 9.60. The zero-order chi connectivity index (χ0) is 17.5. The van der Waals surface area contributed by atoms with Crippen molar-refractivity contribution < 1.29 is 19.2 Å². The second-order valence-corrected chi connectivity index (χ2v) is 6.88. The molecule has 0 bridgehead atoms. The van der Waals surface area contributed by atoms with Gasteiger partial charge in [0, 0.05) is 19.3 Å². The van der Waals surface area contributed by atoms with Crippen molar-refractivity contribution in [1.82, 2.24) is 10.5 Å². The SMILES string of the molecule is CC(=O)c1nc(C(CCCC2CCCCC2)CC(=O)NO)oc1C. The molecule has 1 amide bonds. The summed E-state index contributed by atoms with van der Waals surface area (Å²) in [6, 6.07) is 0. The molecule has 0 radical (unpaired) electrons. The van der Waals surface area contributed by atoms with E-state index in [1.807, 2.05) is 0 Å². The van der Waals surface area contributed by atoms with Crippen LogP contribution in [0.2, 0.25) is 0 Å². The summed E-state index contributed by atoms with van der Waals surface area (Å²) in [5.74, 6) is 0.870. The van der Waals surface area contributed by atoms with E-state index >= 15 is 0 Å². The first kappa shape index (κ1) is 18.6. The predicted molar refractivity (Wildman–Crippen MR) is 89.0 cm³/mol. The summed E-state index contributed by atoms with van der Waals surface area (Å²) < 4.78 is 5.63. The van der Waals surface area contributed by atoms with Crippen molar-refractivity contribution in [1.29, 1.82) is 0 Å². The number of amides is 1. The van der Waals surface area contributed by atoms with E-state index < -0.39 is 5.91 Å². The first-order chi connectivity index (χ1) is 11.5. The minimum absolute atomic E-state index is 0.110.